The van der Waals surface area contributed by atoms with Crippen LogP contribution in [0.4, 0.5) is 5.69 Å². The zero-order valence-corrected chi connectivity index (χ0v) is 16.0. The molecule has 0 saturated carbocycles. The van der Waals surface area contributed by atoms with Crippen LogP contribution in [-0.4, -0.2) is 23.5 Å². The number of para-hydroxylation sites is 1. The summed E-state index contributed by atoms with van der Waals surface area (Å²) < 4.78 is 0.803. The number of hydrogen-bond donors (Lipinski definition) is 3. The molecule has 0 aliphatic carbocycles. The van der Waals surface area contributed by atoms with Crippen LogP contribution >= 0.6 is 28.1 Å². The van der Waals surface area contributed by atoms with Gasteiger partial charge in [0.2, 0.25) is 0 Å². The smallest absolute Gasteiger partial charge is 0.257 e. The summed E-state index contributed by atoms with van der Waals surface area (Å²) in [7, 11) is 0. The number of amides is 2. The molecule has 2 rings (SSSR count). The van der Waals surface area contributed by atoms with Gasteiger partial charge in [0.05, 0.1) is 11.3 Å². The molecule has 0 aromatic heterocycles. The van der Waals surface area contributed by atoms with E-state index in [1.54, 1.807) is 42.5 Å². The van der Waals surface area contributed by atoms with Crippen LogP contribution in [0.1, 0.15) is 34.1 Å². The standard InChI is InChI=1S/C18H18BrN3O2S/c1-2-10-20-17(24)14-8-3-4-9-15(14)21-18(25)22-16(23)12-6-5-7-13(19)11-12/h3-9,11H,2,10H2,1H3,(H,20,24)(H2,21,22,23,25). The second kappa shape index (κ2) is 9.29. The van der Waals surface area contributed by atoms with Gasteiger partial charge in [-0.1, -0.05) is 41.1 Å². The zero-order chi connectivity index (χ0) is 18.2. The summed E-state index contributed by atoms with van der Waals surface area (Å²) in [6.45, 7) is 2.58. The van der Waals surface area contributed by atoms with Crippen molar-refractivity contribution in [2.75, 3.05) is 11.9 Å². The highest BCUT2D eigenvalue weighted by Gasteiger charge is 2.13. The Bertz CT molecular complexity index is 795. The van der Waals surface area contributed by atoms with Gasteiger partial charge in [0.25, 0.3) is 11.8 Å². The number of nitrogens with one attached hydrogen (secondary N) is 3. The SMILES string of the molecule is CCCNC(=O)c1ccccc1NC(=S)NC(=O)c1cccc(Br)c1. The highest BCUT2D eigenvalue weighted by Crippen LogP contribution is 2.15. The van der Waals surface area contributed by atoms with Crippen LogP contribution < -0.4 is 16.0 Å². The molecule has 0 heterocycles. The van der Waals surface area contributed by atoms with Crippen molar-refractivity contribution in [3.63, 3.8) is 0 Å². The second-order valence-corrected chi connectivity index (χ2v) is 6.54. The lowest BCUT2D eigenvalue weighted by atomic mass is 10.1. The predicted octanol–water partition coefficient (Wildman–Crippen LogP) is 3.72. The lowest BCUT2D eigenvalue weighted by Gasteiger charge is -2.13. The molecule has 0 radical (unpaired) electrons. The van der Waals surface area contributed by atoms with Crippen molar-refractivity contribution >= 4 is 50.8 Å². The van der Waals surface area contributed by atoms with Crippen molar-refractivity contribution in [3.8, 4) is 0 Å². The average Bonchev–Trinajstić information content (AvgIpc) is 2.60. The molecule has 5 nitrogen and oxygen atoms in total. The van der Waals surface area contributed by atoms with Crippen molar-refractivity contribution in [3.05, 3.63) is 64.1 Å². The highest BCUT2D eigenvalue weighted by molar-refractivity contribution is 9.10. The molecule has 0 unspecified atom stereocenters. The number of thiocarbonyl (C=S) groups is 1. The summed E-state index contributed by atoms with van der Waals surface area (Å²) >= 11 is 8.52. The van der Waals surface area contributed by atoms with Crippen LogP contribution in [0.25, 0.3) is 0 Å². The van der Waals surface area contributed by atoms with Crippen LogP contribution in [0.5, 0.6) is 0 Å². The Labute approximate surface area is 160 Å². The number of halogens is 1. The maximum absolute atomic E-state index is 12.2. The number of hydrogen-bond acceptors (Lipinski definition) is 3. The van der Waals surface area contributed by atoms with Gasteiger partial charge in [-0.3, -0.25) is 14.9 Å². The third-order valence-corrected chi connectivity index (χ3v) is 3.97. The second-order valence-electron chi connectivity index (χ2n) is 5.22. The summed E-state index contributed by atoms with van der Waals surface area (Å²) in [5.41, 5.74) is 1.48. The monoisotopic (exact) mass is 419 g/mol. The Hall–Kier alpha value is -2.25. The Morgan fingerprint density at radius 3 is 2.56 bits per heavy atom. The Kier molecular flexibility index (Phi) is 7.09. The maximum atomic E-state index is 12.2. The van der Waals surface area contributed by atoms with Crippen LogP contribution in [0, 0.1) is 0 Å². The van der Waals surface area contributed by atoms with E-state index in [9.17, 15) is 9.59 Å². The van der Waals surface area contributed by atoms with E-state index in [1.165, 1.54) is 0 Å². The van der Waals surface area contributed by atoms with Crippen LogP contribution in [0.15, 0.2) is 53.0 Å². The van der Waals surface area contributed by atoms with Gasteiger partial charge >= 0.3 is 0 Å². The number of carbonyl (C=O) groups is 2. The van der Waals surface area contributed by atoms with Gasteiger partial charge in [0.1, 0.15) is 0 Å². The van der Waals surface area contributed by atoms with Crippen molar-refractivity contribution in [1.82, 2.24) is 10.6 Å². The van der Waals surface area contributed by atoms with Gasteiger partial charge in [-0.05, 0) is 49.0 Å². The lowest BCUT2D eigenvalue weighted by molar-refractivity contribution is 0.0952. The molecule has 7 heteroatoms. The fraction of sp³-hybridized carbons (Fsp3) is 0.167. The Morgan fingerprint density at radius 1 is 1.08 bits per heavy atom. The van der Waals surface area contributed by atoms with Gasteiger partial charge < -0.3 is 10.6 Å². The molecule has 0 aliphatic heterocycles. The molecular formula is C18H18BrN3O2S. The van der Waals surface area contributed by atoms with Gasteiger partial charge in [0.15, 0.2) is 5.11 Å². The molecule has 0 spiro atoms. The predicted molar refractivity (Wildman–Crippen MR) is 107 cm³/mol. The van der Waals surface area contributed by atoms with E-state index in [0.717, 1.165) is 10.9 Å². The van der Waals surface area contributed by atoms with Crippen molar-refractivity contribution in [2.45, 2.75) is 13.3 Å². The normalized spacial score (nSPS) is 10.0. The quantitative estimate of drug-likeness (QED) is 0.645. The largest absolute Gasteiger partial charge is 0.352 e. The summed E-state index contributed by atoms with van der Waals surface area (Å²) in [5.74, 6) is -0.516. The van der Waals surface area contributed by atoms with Gasteiger partial charge in [0, 0.05) is 16.6 Å². The van der Waals surface area contributed by atoms with Crippen LogP contribution in [0.3, 0.4) is 0 Å². The van der Waals surface area contributed by atoms with Gasteiger partial charge in [-0.2, -0.15) is 0 Å². The fourth-order valence-corrected chi connectivity index (χ4v) is 2.68. The summed E-state index contributed by atoms with van der Waals surface area (Å²) in [5, 5.41) is 8.47. The zero-order valence-electron chi connectivity index (χ0n) is 13.6. The molecule has 2 amide bonds. The van der Waals surface area contributed by atoms with E-state index in [4.69, 9.17) is 12.2 Å². The molecule has 0 aliphatic rings. The first-order chi connectivity index (χ1) is 12.0. The Balaban J connectivity index is 2.05. The first-order valence-electron chi connectivity index (χ1n) is 7.76. The van der Waals surface area contributed by atoms with Crippen molar-refractivity contribution in [2.24, 2.45) is 0 Å². The summed E-state index contributed by atoms with van der Waals surface area (Å²) in [6, 6.07) is 14.0. The third-order valence-electron chi connectivity index (χ3n) is 3.27. The number of anilines is 1. The minimum absolute atomic E-state index is 0.126. The first kappa shape index (κ1) is 19.1. The average molecular weight is 420 g/mol. The Morgan fingerprint density at radius 2 is 1.84 bits per heavy atom. The van der Waals surface area contributed by atoms with Crippen LogP contribution in [-0.2, 0) is 0 Å². The molecule has 0 saturated heterocycles. The van der Waals surface area contributed by atoms with E-state index < -0.39 is 0 Å². The molecule has 130 valence electrons. The molecular weight excluding hydrogens is 402 g/mol. The molecule has 3 N–H and O–H groups in total. The minimum atomic E-state index is -0.327. The van der Waals surface area contributed by atoms with E-state index in [-0.39, 0.29) is 16.9 Å². The molecule has 2 aromatic rings. The van der Waals surface area contributed by atoms with Crippen molar-refractivity contribution in [1.29, 1.82) is 0 Å². The maximum Gasteiger partial charge on any atom is 0.257 e. The van der Waals surface area contributed by atoms with Gasteiger partial charge in [-0.25, -0.2) is 0 Å². The van der Waals surface area contributed by atoms with E-state index in [2.05, 4.69) is 31.9 Å². The fourth-order valence-electron chi connectivity index (χ4n) is 2.08. The number of rotatable bonds is 5. The molecule has 2 aromatic carbocycles. The number of benzene rings is 2. The molecule has 0 atom stereocenters. The number of carbonyl (C=O) groups excluding carboxylic acids is 2. The summed E-state index contributed by atoms with van der Waals surface area (Å²) in [4.78, 5) is 24.4. The summed E-state index contributed by atoms with van der Waals surface area (Å²) in [6.07, 6.45) is 0.850. The van der Waals surface area contributed by atoms with Crippen molar-refractivity contribution < 1.29 is 9.59 Å². The minimum Gasteiger partial charge on any atom is -0.352 e. The van der Waals surface area contributed by atoms with E-state index >= 15 is 0 Å². The lowest BCUT2D eigenvalue weighted by Crippen LogP contribution is -2.35. The highest BCUT2D eigenvalue weighted by atomic mass is 79.9. The molecule has 0 bridgehead atoms. The van der Waals surface area contributed by atoms with Crippen LogP contribution in [0.2, 0.25) is 0 Å². The topological polar surface area (TPSA) is 70.2 Å². The third kappa shape index (κ3) is 5.65. The first-order valence-corrected chi connectivity index (χ1v) is 8.96. The molecule has 25 heavy (non-hydrogen) atoms. The van der Waals surface area contributed by atoms with E-state index in [1.807, 2.05) is 13.0 Å². The molecule has 0 fully saturated rings. The van der Waals surface area contributed by atoms with E-state index in [0.29, 0.717) is 23.4 Å². The van der Waals surface area contributed by atoms with Gasteiger partial charge in [-0.15, -0.1) is 0 Å².